The van der Waals surface area contributed by atoms with Crippen molar-refractivity contribution < 1.29 is 23.8 Å². The van der Waals surface area contributed by atoms with E-state index in [2.05, 4.69) is 0 Å². The van der Waals surface area contributed by atoms with Gasteiger partial charge in [-0.05, 0) is 19.1 Å². The van der Waals surface area contributed by atoms with Crippen LogP contribution >= 0.6 is 0 Å². The number of carbonyl (C=O) groups is 1. The molecule has 1 saturated heterocycles. The van der Waals surface area contributed by atoms with Crippen molar-refractivity contribution in [3.05, 3.63) is 35.6 Å². The monoisotopic (exact) mass is 240 g/mol. The third-order valence-corrected chi connectivity index (χ3v) is 2.71. The molecule has 17 heavy (non-hydrogen) atoms. The van der Waals surface area contributed by atoms with Crippen LogP contribution in [0.2, 0.25) is 0 Å². The maximum atomic E-state index is 12.8. The molecule has 0 bridgehead atoms. The van der Waals surface area contributed by atoms with Crippen LogP contribution in [-0.2, 0) is 20.1 Å². The third kappa shape index (κ3) is 2.62. The highest BCUT2D eigenvalue weighted by Crippen LogP contribution is 2.34. The Balaban J connectivity index is 2.11. The quantitative estimate of drug-likeness (QED) is 0.876. The molecule has 0 saturated carbocycles. The van der Waals surface area contributed by atoms with E-state index in [1.54, 1.807) is 19.1 Å². The molecule has 0 amide bonds. The molecule has 4 nitrogen and oxygen atoms in total. The number of rotatable bonds is 3. The molecule has 1 aromatic rings. The van der Waals surface area contributed by atoms with Crippen molar-refractivity contribution in [2.45, 2.75) is 25.2 Å². The Morgan fingerprint density at radius 2 is 2.18 bits per heavy atom. The van der Waals surface area contributed by atoms with Crippen LogP contribution in [0.4, 0.5) is 4.39 Å². The summed E-state index contributed by atoms with van der Waals surface area (Å²) >= 11 is 0. The summed E-state index contributed by atoms with van der Waals surface area (Å²) in [6.45, 7) is 1.92. The van der Waals surface area contributed by atoms with Gasteiger partial charge >= 0.3 is 5.97 Å². The number of benzene rings is 1. The number of hydrogen-bond donors (Lipinski definition) is 1. The highest BCUT2D eigenvalue weighted by molar-refractivity contribution is 5.67. The summed E-state index contributed by atoms with van der Waals surface area (Å²) in [7, 11) is 0. The number of aliphatic carboxylic acids is 1. The lowest BCUT2D eigenvalue weighted by molar-refractivity contribution is -0.166. The average Bonchev–Trinajstić information content (AvgIpc) is 2.61. The van der Waals surface area contributed by atoms with Gasteiger partial charge in [0.1, 0.15) is 5.82 Å². The van der Waals surface area contributed by atoms with Gasteiger partial charge in [0.15, 0.2) is 5.79 Å². The summed E-state index contributed by atoms with van der Waals surface area (Å²) < 4.78 is 23.8. The summed E-state index contributed by atoms with van der Waals surface area (Å²) in [5.41, 5.74) is 0.673. The summed E-state index contributed by atoms with van der Waals surface area (Å²) in [6.07, 6.45) is -0.570. The van der Waals surface area contributed by atoms with Crippen molar-refractivity contribution in [1.82, 2.24) is 0 Å². The van der Waals surface area contributed by atoms with E-state index in [1.807, 2.05) is 0 Å². The normalized spacial score (nSPS) is 28.2. The van der Waals surface area contributed by atoms with Crippen molar-refractivity contribution in [2.75, 3.05) is 6.61 Å². The topological polar surface area (TPSA) is 55.8 Å². The van der Waals surface area contributed by atoms with E-state index in [-0.39, 0.29) is 18.8 Å². The van der Waals surface area contributed by atoms with Crippen LogP contribution in [0.15, 0.2) is 24.3 Å². The van der Waals surface area contributed by atoms with Crippen molar-refractivity contribution in [2.24, 2.45) is 0 Å². The Hall–Kier alpha value is -1.46. The Labute approximate surface area is 98.0 Å². The number of carboxylic acid groups (broad SMARTS) is 1. The number of halogens is 1. The molecule has 92 valence electrons. The predicted molar refractivity (Wildman–Crippen MR) is 56.8 cm³/mol. The summed E-state index contributed by atoms with van der Waals surface area (Å²) in [5.74, 6) is -2.26. The first-order chi connectivity index (χ1) is 7.99. The van der Waals surface area contributed by atoms with Gasteiger partial charge in [0, 0.05) is 5.56 Å². The van der Waals surface area contributed by atoms with E-state index in [9.17, 15) is 9.18 Å². The first-order valence-corrected chi connectivity index (χ1v) is 5.29. The minimum atomic E-state index is -0.992. The van der Waals surface area contributed by atoms with E-state index in [0.717, 1.165) is 0 Å². The Morgan fingerprint density at radius 1 is 1.53 bits per heavy atom. The first-order valence-electron chi connectivity index (χ1n) is 5.29. The molecule has 0 radical (unpaired) electrons. The largest absolute Gasteiger partial charge is 0.481 e. The van der Waals surface area contributed by atoms with E-state index >= 15 is 0 Å². The number of ether oxygens (including phenoxy) is 2. The van der Waals surface area contributed by atoms with Gasteiger partial charge in [-0.1, -0.05) is 12.1 Å². The predicted octanol–water partition coefficient (Wildman–Crippen LogP) is 1.89. The first kappa shape index (κ1) is 12.0. The van der Waals surface area contributed by atoms with Gasteiger partial charge in [0.2, 0.25) is 0 Å². The van der Waals surface area contributed by atoms with Gasteiger partial charge in [-0.15, -0.1) is 0 Å². The van der Waals surface area contributed by atoms with Crippen LogP contribution in [0.25, 0.3) is 0 Å². The van der Waals surface area contributed by atoms with Crippen LogP contribution in [0.5, 0.6) is 0 Å². The smallest absolute Gasteiger partial charge is 0.306 e. The van der Waals surface area contributed by atoms with Crippen molar-refractivity contribution in [3.8, 4) is 0 Å². The lowest BCUT2D eigenvalue weighted by Crippen LogP contribution is -2.24. The standard InChI is InChI=1S/C12H13FO4/c1-12(8-2-4-9(13)5-3-8)16-7-10(17-12)6-11(14)15/h2-5,10H,6-7H2,1H3,(H,14,15). The van der Waals surface area contributed by atoms with Crippen molar-refractivity contribution in [1.29, 1.82) is 0 Å². The zero-order valence-electron chi connectivity index (χ0n) is 9.35. The van der Waals surface area contributed by atoms with Crippen molar-refractivity contribution in [3.63, 3.8) is 0 Å². The number of carboxylic acids is 1. The van der Waals surface area contributed by atoms with Crippen molar-refractivity contribution >= 4 is 5.97 Å². The molecular weight excluding hydrogens is 227 g/mol. The summed E-state index contributed by atoms with van der Waals surface area (Å²) in [4.78, 5) is 10.6. The van der Waals surface area contributed by atoms with Gasteiger partial charge in [-0.3, -0.25) is 4.79 Å². The molecule has 0 aliphatic carbocycles. The minimum Gasteiger partial charge on any atom is -0.481 e. The lowest BCUT2D eigenvalue weighted by atomic mass is 10.1. The lowest BCUT2D eigenvalue weighted by Gasteiger charge is -2.23. The molecule has 1 aliphatic heterocycles. The highest BCUT2D eigenvalue weighted by Gasteiger charge is 2.39. The molecule has 5 heteroatoms. The fourth-order valence-corrected chi connectivity index (χ4v) is 1.84. The third-order valence-electron chi connectivity index (χ3n) is 2.71. The molecule has 2 unspecified atom stereocenters. The van der Waals surface area contributed by atoms with Crippen LogP contribution in [0.1, 0.15) is 18.9 Å². The van der Waals surface area contributed by atoms with Gasteiger partial charge in [-0.2, -0.15) is 0 Å². The second kappa shape index (κ2) is 4.43. The van der Waals surface area contributed by atoms with Crippen LogP contribution in [-0.4, -0.2) is 23.8 Å². The Bertz CT molecular complexity index is 417. The van der Waals surface area contributed by atoms with Crippen LogP contribution < -0.4 is 0 Å². The minimum absolute atomic E-state index is 0.100. The molecule has 1 aliphatic rings. The van der Waals surface area contributed by atoms with E-state index in [1.165, 1.54) is 12.1 Å². The molecule has 1 heterocycles. The van der Waals surface area contributed by atoms with Gasteiger partial charge < -0.3 is 14.6 Å². The maximum absolute atomic E-state index is 12.8. The molecule has 0 aromatic heterocycles. The second-order valence-electron chi connectivity index (χ2n) is 4.10. The molecular formula is C12H13FO4. The zero-order valence-corrected chi connectivity index (χ0v) is 9.35. The summed E-state index contributed by atoms with van der Waals surface area (Å²) in [6, 6.07) is 5.77. The molecule has 1 N–H and O–H groups in total. The van der Waals surface area contributed by atoms with E-state index < -0.39 is 17.9 Å². The van der Waals surface area contributed by atoms with Gasteiger partial charge in [-0.25, -0.2) is 4.39 Å². The molecule has 2 rings (SSSR count). The maximum Gasteiger partial charge on any atom is 0.306 e. The van der Waals surface area contributed by atoms with E-state index in [4.69, 9.17) is 14.6 Å². The van der Waals surface area contributed by atoms with E-state index in [0.29, 0.717) is 5.56 Å². The second-order valence-corrected chi connectivity index (χ2v) is 4.10. The summed E-state index contributed by atoms with van der Waals surface area (Å²) in [5, 5.41) is 8.67. The Kier molecular flexibility index (Phi) is 3.13. The Morgan fingerprint density at radius 3 is 2.76 bits per heavy atom. The molecule has 0 spiro atoms. The molecule has 2 atom stereocenters. The SMILES string of the molecule is CC1(c2ccc(F)cc2)OCC(CC(=O)O)O1. The molecule has 1 fully saturated rings. The number of hydrogen-bond acceptors (Lipinski definition) is 3. The zero-order chi connectivity index (χ0) is 12.5. The average molecular weight is 240 g/mol. The van der Waals surface area contributed by atoms with Crippen LogP contribution in [0.3, 0.4) is 0 Å². The fourth-order valence-electron chi connectivity index (χ4n) is 1.84. The fraction of sp³-hybridized carbons (Fsp3) is 0.417. The molecule has 1 aromatic carbocycles. The van der Waals surface area contributed by atoms with Gasteiger partial charge in [0.05, 0.1) is 19.1 Å². The van der Waals surface area contributed by atoms with Crippen LogP contribution in [0, 0.1) is 5.82 Å². The van der Waals surface area contributed by atoms with Gasteiger partial charge in [0.25, 0.3) is 0 Å². The highest BCUT2D eigenvalue weighted by atomic mass is 19.1.